The third kappa shape index (κ3) is 5.73. The molecule has 0 saturated carbocycles. The van der Waals surface area contributed by atoms with Gasteiger partial charge in [0.2, 0.25) is 5.91 Å². The van der Waals surface area contributed by atoms with Crippen LogP contribution in [0.1, 0.15) is 49.6 Å². The third-order valence-electron chi connectivity index (χ3n) is 6.74. The van der Waals surface area contributed by atoms with E-state index in [1.54, 1.807) is 4.90 Å². The van der Waals surface area contributed by atoms with Crippen molar-refractivity contribution < 1.29 is 14.3 Å². The molecule has 1 aliphatic heterocycles. The van der Waals surface area contributed by atoms with Gasteiger partial charge in [-0.15, -0.1) is 0 Å². The van der Waals surface area contributed by atoms with Crippen molar-refractivity contribution in [2.24, 2.45) is 5.92 Å². The van der Waals surface area contributed by atoms with Gasteiger partial charge < -0.3 is 9.64 Å². The lowest BCUT2D eigenvalue weighted by Crippen LogP contribution is -2.60. The van der Waals surface area contributed by atoms with Crippen molar-refractivity contribution in [3.63, 3.8) is 0 Å². The molecule has 1 saturated heterocycles. The lowest BCUT2D eigenvalue weighted by Gasteiger charge is -2.43. The van der Waals surface area contributed by atoms with Crippen LogP contribution in [0.5, 0.6) is 0 Å². The maximum absolute atomic E-state index is 13.8. The first-order chi connectivity index (χ1) is 17.0. The van der Waals surface area contributed by atoms with E-state index in [0.717, 1.165) is 16.7 Å². The minimum Gasteiger partial charge on any atom is -0.441 e. The predicted octanol–water partition coefficient (Wildman–Crippen LogP) is 6.04. The highest BCUT2D eigenvalue weighted by Crippen LogP contribution is 2.30. The maximum Gasteiger partial charge on any atom is 0.411 e. The number of carbonyl (C=O) groups excluding carboxylic acids is 2. The Bertz CT molecular complexity index is 1100. The molecule has 4 rings (SSSR count). The van der Waals surface area contributed by atoms with E-state index in [9.17, 15) is 9.59 Å². The van der Waals surface area contributed by atoms with E-state index in [1.165, 1.54) is 0 Å². The van der Waals surface area contributed by atoms with Crippen molar-refractivity contribution in [1.29, 1.82) is 0 Å². The molecule has 1 heterocycles. The predicted molar refractivity (Wildman–Crippen MR) is 138 cm³/mol. The van der Waals surface area contributed by atoms with Gasteiger partial charge in [-0.25, -0.2) is 4.79 Å². The number of benzene rings is 3. The highest BCUT2D eigenvalue weighted by Gasteiger charge is 2.41. The number of carbonyl (C=O) groups is 2. The Morgan fingerprint density at radius 2 is 1.37 bits per heavy atom. The number of piperazine rings is 1. The van der Waals surface area contributed by atoms with E-state index in [-0.39, 0.29) is 24.0 Å². The summed E-state index contributed by atoms with van der Waals surface area (Å²) in [7, 11) is 0. The maximum atomic E-state index is 13.8. The summed E-state index contributed by atoms with van der Waals surface area (Å²) in [5.74, 6) is 0.0539. The summed E-state index contributed by atoms with van der Waals surface area (Å²) in [6, 6.07) is 29.0. The molecule has 5 nitrogen and oxygen atoms in total. The molecular weight excluding hydrogens is 436 g/mol. The summed E-state index contributed by atoms with van der Waals surface area (Å²) in [5.41, 5.74) is 3.05. The Hall–Kier alpha value is -3.60. The number of nitrogens with zero attached hydrogens (tertiary/aromatic N) is 2. The van der Waals surface area contributed by atoms with Gasteiger partial charge in [0.1, 0.15) is 12.1 Å². The number of hydrogen-bond donors (Lipinski definition) is 0. The minimum absolute atomic E-state index is 0.0470. The van der Waals surface area contributed by atoms with Crippen LogP contribution < -0.4 is 0 Å². The van der Waals surface area contributed by atoms with E-state index in [2.05, 4.69) is 0 Å². The van der Waals surface area contributed by atoms with Gasteiger partial charge in [-0.1, -0.05) is 105 Å². The number of rotatable bonds is 7. The fourth-order valence-corrected chi connectivity index (χ4v) is 4.76. The Morgan fingerprint density at radius 3 is 1.94 bits per heavy atom. The lowest BCUT2D eigenvalue weighted by atomic mass is 9.98. The van der Waals surface area contributed by atoms with Crippen LogP contribution in [0.4, 0.5) is 4.79 Å². The Labute approximate surface area is 208 Å². The Morgan fingerprint density at radius 1 is 0.829 bits per heavy atom. The van der Waals surface area contributed by atoms with Gasteiger partial charge in [0.05, 0.1) is 6.04 Å². The van der Waals surface area contributed by atoms with Crippen LogP contribution in [0.3, 0.4) is 0 Å². The molecule has 1 aliphatic rings. The average molecular weight is 471 g/mol. The van der Waals surface area contributed by atoms with E-state index in [4.69, 9.17) is 4.74 Å². The van der Waals surface area contributed by atoms with Gasteiger partial charge in [0.25, 0.3) is 0 Å². The Kier molecular flexibility index (Phi) is 7.86. The van der Waals surface area contributed by atoms with Crippen molar-refractivity contribution in [1.82, 2.24) is 9.80 Å². The van der Waals surface area contributed by atoms with Crippen molar-refractivity contribution in [2.75, 3.05) is 13.1 Å². The fraction of sp³-hybridized carbons (Fsp3) is 0.333. The fourth-order valence-electron chi connectivity index (χ4n) is 4.76. The molecule has 0 aliphatic carbocycles. The van der Waals surface area contributed by atoms with Gasteiger partial charge >= 0.3 is 6.09 Å². The second kappa shape index (κ2) is 11.2. The third-order valence-corrected chi connectivity index (χ3v) is 6.74. The summed E-state index contributed by atoms with van der Waals surface area (Å²) in [6.45, 7) is 7.02. The van der Waals surface area contributed by atoms with Crippen molar-refractivity contribution in [3.8, 4) is 0 Å². The van der Waals surface area contributed by atoms with Gasteiger partial charge in [0, 0.05) is 19.5 Å². The van der Waals surface area contributed by atoms with E-state index in [0.29, 0.717) is 19.5 Å². The summed E-state index contributed by atoms with van der Waals surface area (Å²) < 4.78 is 6.05. The van der Waals surface area contributed by atoms with Crippen LogP contribution in [-0.2, 0) is 16.0 Å². The molecule has 35 heavy (non-hydrogen) atoms. The van der Waals surface area contributed by atoms with Crippen molar-refractivity contribution in [3.05, 3.63) is 108 Å². The van der Waals surface area contributed by atoms with Crippen LogP contribution >= 0.6 is 0 Å². The molecule has 0 aromatic heterocycles. The van der Waals surface area contributed by atoms with Gasteiger partial charge in [-0.2, -0.15) is 0 Å². The lowest BCUT2D eigenvalue weighted by molar-refractivity contribution is -0.143. The normalized spacial score (nSPS) is 17.8. The van der Waals surface area contributed by atoms with E-state index in [1.807, 2.05) is 117 Å². The monoisotopic (exact) mass is 470 g/mol. The summed E-state index contributed by atoms with van der Waals surface area (Å²) >= 11 is 0. The number of amides is 2. The molecule has 182 valence electrons. The molecule has 1 fully saturated rings. The minimum atomic E-state index is -0.617. The zero-order valence-electron chi connectivity index (χ0n) is 20.7. The molecule has 0 unspecified atom stereocenters. The second-order valence-electron chi connectivity index (χ2n) is 9.48. The molecule has 3 aromatic rings. The molecule has 5 heteroatoms. The highest BCUT2D eigenvalue weighted by atomic mass is 16.6. The number of ether oxygens (including phenoxy) is 1. The smallest absolute Gasteiger partial charge is 0.411 e. The van der Waals surface area contributed by atoms with Crippen LogP contribution in [0.25, 0.3) is 0 Å². The molecule has 3 atom stereocenters. The quantitative estimate of drug-likeness (QED) is 0.423. The topological polar surface area (TPSA) is 49.9 Å². The van der Waals surface area contributed by atoms with Crippen LogP contribution in [-0.4, -0.2) is 40.9 Å². The Balaban J connectivity index is 1.59. The zero-order valence-corrected chi connectivity index (χ0v) is 20.7. The van der Waals surface area contributed by atoms with Crippen molar-refractivity contribution in [2.45, 2.75) is 45.4 Å². The number of hydrogen-bond acceptors (Lipinski definition) is 3. The SMILES string of the molecule is CC(C)[C@@H](OC(=O)N1CCN([C@@H](C)c2ccccc2)C(=O)[C@H]1Cc1ccccc1)c1ccccc1. The summed E-state index contributed by atoms with van der Waals surface area (Å²) in [5, 5.41) is 0. The average Bonchev–Trinajstić information content (AvgIpc) is 2.89. The van der Waals surface area contributed by atoms with E-state index >= 15 is 0 Å². The molecule has 0 radical (unpaired) electrons. The molecule has 0 spiro atoms. The summed E-state index contributed by atoms with van der Waals surface area (Å²) in [4.78, 5) is 30.9. The molecule has 2 amide bonds. The van der Waals surface area contributed by atoms with Crippen molar-refractivity contribution >= 4 is 12.0 Å². The first kappa shape index (κ1) is 24.5. The molecular formula is C30H34N2O3. The summed E-state index contributed by atoms with van der Waals surface area (Å²) in [6.07, 6.45) is -0.365. The molecule has 0 N–H and O–H groups in total. The van der Waals surface area contributed by atoms with Gasteiger partial charge in [-0.3, -0.25) is 9.69 Å². The van der Waals surface area contributed by atoms with Gasteiger partial charge in [-0.05, 0) is 29.5 Å². The second-order valence-corrected chi connectivity index (χ2v) is 9.48. The highest BCUT2D eigenvalue weighted by molar-refractivity contribution is 5.87. The van der Waals surface area contributed by atoms with Gasteiger partial charge in [0.15, 0.2) is 0 Å². The van der Waals surface area contributed by atoms with Crippen LogP contribution in [0, 0.1) is 5.92 Å². The van der Waals surface area contributed by atoms with Crippen LogP contribution in [0.2, 0.25) is 0 Å². The largest absolute Gasteiger partial charge is 0.441 e. The van der Waals surface area contributed by atoms with E-state index < -0.39 is 12.1 Å². The first-order valence-corrected chi connectivity index (χ1v) is 12.4. The zero-order chi connectivity index (χ0) is 24.8. The first-order valence-electron chi connectivity index (χ1n) is 12.4. The standard InChI is InChI=1S/C30H34N2O3/c1-22(2)28(26-17-11-6-12-18-26)35-30(34)32-20-19-31(23(3)25-15-9-5-10-16-25)29(33)27(32)21-24-13-7-4-8-14-24/h4-18,22-23,27-28H,19-21H2,1-3H3/t23-,27+,28+/m0/s1. The van der Waals surface area contributed by atoms with Crippen LogP contribution in [0.15, 0.2) is 91.0 Å². The molecule has 0 bridgehead atoms. The molecule has 3 aromatic carbocycles.